The third kappa shape index (κ3) is 6.22. The predicted molar refractivity (Wildman–Crippen MR) is 180 cm³/mol. The normalized spacial score (nSPS) is 41.4. The number of fused-ring (bicyclic) bond motifs is 5. The van der Waals surface area contributed by atoms with E-state index in [9.17, 15) is 0 Å². The van der Waals surface area contributed by atoms with Gasteiger partial charge >= 0.3 is 0 Å². The second-order valence-corrected chi connectivity index (χ2v) is 16.0. The van der Waals surface area contributed by atoms with Gasteiger partial charge < -0.3 is 24.8 Å². The molecule has 7 aliphatic heterocycles. The first kappa shape index (κ1) is 32.1. The van der Waals surface area contributed by atoms with E-state index >= 15 is 0 Å². The molecule has 258 valence electrons. The fraction of sp³-hybridized carbons (Fsp3) is 0.882. The number of hydrogen-bond acceptors (Lipinski definition) is 11. The zero-order valence-electron chi connectivity index (χ0n) is 28.8. The predicted octanol–water partition coefficient (Wildman–Crippen LogP) is 0.524. The van der Waals surface area contributed by atoms with Gasteiger partial charge in [0, 0.05) is 69.0 Å². The summed E-state index contributed by atoms with van der Waals surface area (Å²) in [6.45, 7) is 12.2. The SMILES string of the molecule is C[C@H]1CCOC2C(CNN2C)C2NCCC(NC3CC4C(CN3)C(c3ccc(CN5CCC6(CCN(C)CC6)CC5)n3C)NN41)N2. The molecule has 8 rings (SSSR count). The smallest absolute Gasteiger partial charge is 0.129 e. The van der Waals surface area contributed by atoms with Crippen molar-refractivity contribution in [2.75, 3.05) is 66.5 Å². The number of hydrazine groups is 2. The lowest BCUT2D eigenvalue weighted by Crippen LogP contribution is -2.67. The molecule has 12 heteroatoms. The van der Waals surface area contributed by atoms with E-state index in [2.05, 4.69) is 96.7 Å². The average molecular weight is 640 g/mol. The number of nitrogens with one attached hydrogen (secondary N) is 6. The second kappa shape index (κ2) is 13.3. The maximum absolute atomic E-state index is 6.63. The van der Waals surface area contributed by atoms with E-state index in [4.69, 9.17) is 4.74 Å². The summed E-state index contributed by atoms with van der Waals surface area (Å²) >= 11 is 0. The molecule has 9 atom stereocenters. The van der Waals surface area contributed by atoms with E-state index in [0.29, 0.717) is 41.5 Å². The van der Waals surface area contributed by atoms with Gasteiger partial charge in [-0.2, -0.15) is 0 Å². The minimum atomic E-state index is 0.0557. The highest BCUT2D eigenvalue weighted by Crippen LogP contribution is 2.42. The summed E-state index contributed by atoms with van der Waals surface area (Å²) in [5, 5.41) is 20.4. The van der Waals surface area contributed by atoms with Crippen molar-refractivity contribution in [2.45, 2.75) is 101 Å². The van der Waals surface area contributed by atoms with Gasteiger partial charge in [-0.05, 0) is 109 Å². The monoisotopic (exact) mass is 640 g/mol. The fourth-order valence-corrected chi connectivity index (χ4v) is 9.98. The molecular formula is C34H61N11O. The van der Waals surface area contributed by atoms with Crippen molar-refractivity contribution in [1.82, 2.24) is 56.5 Å². The number of nitrogens with zero attached hydrogens (tertiary/aromatic N) is 5. The second-order valence-electron chi connectivity index (χ2n) is 16.0. The molecule has 0 aliphatic carbocycles. The number of likely N-dealkylation sites (tertiary alicyclic amines) is 2. The number of piperidine rings is 3. The molecule has 8 heterocycles. The Kier molecular flexibility index (Phi) is 9.26. The van der Waals surface area contributed by atoms with Gasteiger partial charge in [-0.1, -0.05) is 0 Å². The maximum Gasteiger partial charge on any atom is 0.129 e. The Hall–Kier alpha value is -1.16. The van der Waals surface area contributed by atoms with E-state index < -0.39 is 0 Å². The summed E-state index contributed by atoms with van der Waals surface area (Å²) in [5.41, 5.74) is 11.1. The quantitative estimate of drug-likeness (QED) is 0.280. The molecular weight excluding hydrogens is 578 g/mol. The van der Waals surface area contributed by atoms with Crippen molar-refractivity contribution in [2.24, 2.45) is 24.3 Å². The van der Waals surface area contributed by atoms with Gasteiger partial charge in [0.2, 0.25) is 0 Å². The molecule has 7 saturated heterocycles. The molecule has 7 fully saturated rings. The minimum absolute atomic E-state index is 0.0557. The van der Waals surface area contributed by atoms with Crippen LogP contribution >= 0.6 is 0 Å². The van der Waals surface area contributed by atoms with Crippen LogP contribution in [0.2, 0.25) is 0 Å². The Bertz CT molecular complexity index is 1180. The van der Waals surface area contributed by atoms with E-state index in [1.807, 2.05) is 0 Å². The van der Waals surface area contributed by atoms with Gasteiger partial charge in [-0.25, -0.2) is 15.4 Å². The van der Waals surface area contributed by atoms with Crippen LogP contribution in [0.4, 0.5) is 0 Å². The molecule has 1 aromatic rings. The van der Waals surface area contributed by atoms with Crippen molar-refractivity contribution in [3.63, 3.8) is 0 Å². The molecule has 1 aromatic heterocycles. The third-order valence-corrected chi connectivity index (χ3v) is 13.2. The Morgan fingerprint density at radius 1 is 0.891 bits per heavy atom. The van der Waals surface area contributed by atoms with E-state index in [1.54, 1.807) is 0 Å². The van der Waals surface area contributed by atoms with Gasteiger partial charge in [0.05, 0.1) is 31.1 Å². The molecule has 7 aliphatic rings. The molecule has 0 aromatic carbocycles. The Morgan fingerprint density at radius 3 is 2.52 bits per heavy atom. The van der Waals surface area contributed by atoms with Crippen LogP contribution in [-0.2, 0) is 18.3 Å². The number of rotatable bonds is 3. The molecule has 6 N–H and O–H groups in total. The van der Waals surface area contributed by atoms with Crippen LogP contribution < -0.4 is 32.1 Å². The first-order chi connectivity index (χ1) is 22.4. The molecule has 0 amide bonds. The highest BCUT2D eigenvalue weighted by Gasteiger charge is 2.49. The Labute approximate surface area is 276 Å². The fourth-order valence-electron chi connectivity index (χ4n) is 9.98. The van der Waals surface area contributed by atoms with Gasteiger partial charge in [0.1, 0.15) is 6.23 Å². The number of aromatic nitrogens is 1. The first-order valence-electron chi connectivity index (χ1n) is 18.5. The van der Waals surface area contributed by atoms with E-state index in [0.717, 1.165) is 52.0 Å². The van der Waals surface area contributed by atoms with Crippen LogP contribution in [0.15, 0.2) is 12.1 Å². The largest absolute Gasteiger partial charge is 0.361 e. The van der Waals surface area contributed by atoms with E-state index in [1.165, 1.54) is 63.3 Å². The number of ether oxygens (including phenoxy) is 1. The van der Waals surface area contributed by atoms with Crippen LogP contribution in [-0.4, -0.2) is 128 Å². The highest BCUT2D eigenvalue weighted by molar-refractivity contribution is 5.23. The lowest BCUT2D eigenvalue weighted by atomic mass is 9.71. The molecule has 8 unspecified atom stereocenters. The minimum Gasteiger partial charge on any atom is -0.361 e. The lowest BCUT2D eigenvalue weighted by Gasteiger charge is -2.46. The lowest BCUT2D eigenvalue weighted by molar-refractivity contribution is -0.0791. The summed E-state index contributed by atoms with van der Waals surface area (Å²) in [5.74, 6) is 0.865. The van der Waals surface area contributed by atoms with Crippen molar-refractivity contribution in [3.8, 4) is 0 Å². The zero-order chi connectivity index (χ0) is 31.4. The van der Waals surface area contributed by atoms with Crippen LogP contribution in [0.5, 0.6) is 0 Å². The zero-order valence-corrected chi connectivity index (χ0v) is 28.8. The third-order valence-electron chi connectivity index (χ3n) is 13.2. The van der Waals surface area contributed by atoms with Crippen molar-refractivity contribution in [1.29, 1.82) is 0 Å². The van der Waals surface area contributed by atoms with Gasteiger partial charge in [0.15, 0.2) is 0 Å². The summed E-state index contributed by atoms with van der Waals surface area (Å²) in [4.78, 5) is 5.23. The molecule has 0 radical (unpaired) electrons. The summed E-state index contributed by atoms with van der Waals surface area (Å²) in [6, 6.07) is 5.97. The topological polar surface area (TPSA) is 99.3 Å². The maximum atomic E-state index is 6.63. The highest BCUT2D eigenvalue weighted by atomic mass is 16.5. The van der Waals surface area contributed by atoms with Crippen LogP contribution in [0.3, 0.4) is 0 Å². The summed E-state index contributed by atoms with van der Waals surface area (Å²) in [7, 11) is 6.71. The Morgan fingerprint density at radius 2 is 1.70 bits per heavy atom. The summed E-state index contributed by atoms with van der Waals surface area (Å²) < 4.78 is 9.14. The summed E-state index contributed by atoms with van der Waals surface area (Å²) in [6.07, 6.45) is 9.54. The number of hydrogen-bond donors (Lipinski definition) is 6. The molecule has 12 nitrogen and oxygen atoms in total. The van der Waals surface area contributed by atoms with E-state index in [-0.39, 0.29) is 18.6 Å². The van der Waals surface area contributed by atoms with Gasteiger partial charge in [-0.15, -0.1) is 0 Å². The molecule has 0 saturated carbocycles. The van der Waals surface area contributed by atoms with Crippen molar-refractivity contribution in [3.05, 3.63) is 23.5 Å². The van der Waals surface area contributed by atoms with Crippen molar-refractivity contribution < 1.29 is 4.74 Å². The van der Waals surface area contributed by atoms with Crippen LogP contribution in [0.25, 0.3) is 0 Å². The van der Waals surface area contributed by atoms with Gasteiger partial charge in [0.25, 0.3) is 0 Å². The Balaban J connectivity index is 0.963. The molecule has 4 bridgehead atoms. The standard InChI is InChI=1S/C34H61N11O/c1-23-8-18-46-33-26(21-37-43(33)4)32-35-13-7-29(39-32)38-30-19-28-25(20-36-30)31(40-45(23)28)27-6-5-24(42(27)3)22-44-16-11-34(12-17-44)9-14-41(2)15-10-34/h5-6,23,25-26,28-33,35-40H,7-22H2,1-4H3/t23-,25?,26?,28?,29?,30?,31?,32?,33?/m0/s1. The van der Waals surface area contributed by atoms with Crippen LogP contribution in [0, 0.1) is 17.3 Å². The van der Waals surface area contributed by atoms with Crippen molar-refractivity contribution >= 4 is 0 Å². The van der Waals surface area contributed by atoms with Gasteiger partial charge in [-0.3, -0.25) is 21.0 Å². The average Bonchev–Trinajstić information content (AvgIpc) is 3.74. The first-order valence-corrected chi connectivity index (χ1v) is 18.5. The molecule has 1 spiro atoms. The van der Waals surface area contributed by atoms with Crippen LogP contribution in [0.1, 0.15) is 69.3 Å². The molecule has 46 heavy (non-hydrogen) atoms.